The molecule has 1 aliphatic heterocycles. The van der Waals surface area contributed by atoms with E-state index in [-0.39, 0.29) is 17.6 Å². The standard InChI is InChI=1S/C13H15FN2O4/c1-20-13(17)9-3-2-6-15(8-9)11-5-4-10(14)7-12(11)16(18)19/h4-5,7,9H,2-3,6,8H2,1H3/t9-/m0/s1. The molecule has 0 bridgehead atoms. The lowest BCUT2D eigenvalue weighted by atomic mass is 9.97. The average Bonchev–Trinajstić information content (AvgIpc) is 2.46. The van der Waals surface area contributed by atoms with Gasteiger partial charge in [-0.1, -0.05) is 0 Å². The predicted octanol–water partition coefficient (Wildman–Crippen LogP) is 2.12. The molecule has 0 aliphatic carbocycles. The van der Waals surface area contributed by atoms with Crippen LogP contribution in [0.25, 0.3) is 0 Å². The lowest BCUT2D eigenvalue weighted by Crippen LogP contribution is -2.39. The second-order valence-corrected chi connectivity index (χ2v) is 4.70. The largest absolute Gasteiger partial charge is 0.469 e. The van der Waals surface area contributed by atoms with Crippen molar-refractivity contribution in [3.8, 4) is 0 Å². The second-order valence-electron chi connectivity index (χ2n) is 4.70. The van der Waals surface area contributed by atoms with Gasteiger partial charge in [-0.15, -0.1) is 0 Å². The monoisotopic (exact) mass is 282 g/mol. The number of methoxy groups -OCH3 is 1. The van der Waals surface area contributed by atoms with Crippen molar-refractivity contribution in [2.45, 2.75) is 12.8 Å². The highest BCUT2D eigenvalue weighted by Crippen LogP contribution is 2.32. The molecular weight excluding hydrogens is 267 g/mol. The molecule has 1 aliphatic rings. The first-order chi connectivity index (χ1) is 9.52. The summed E-state index contributed by atoms with van der Waals surface area (Å²) in [5, 5.41) is 11.0. The first-order valence-corrected chi connectivity index (χ1v) is 6.29. The summed E-state index contributed by atoms with van der Waals surface area (Å²) in [7, 11) is 1.32. The molecule has 108 valence electrons. The van der Waals surface area contributed by atoms with Crippen molar-refractivity contribution < 1.29 is 18.8 Å². The molecule has 1 fully saturated rings. The number of carbonyl (C=O) groups is 1. The zero-order valence-electron chi connectivity index (χ0n) is 11.0. The van der Waals surface area contributed by atoms with Gasteiger partial charge in [0.05, 0.1) is 24.0 Å². The van der Waals surface area contributed by atoms with Crippen molar-refractivity contribution in [3.63, 3.8) is 0 Å². The van der Waals surface area contributed by atoms with Crippen LogP contribution in [0, 0.1) is 21.8 Å². The van der Waals surface area contributed by atoms with Gasteiger partial charge < -0.3 is 9.64 Å². The van der Waals surface area contributed by atoms with E-state index in [2.05, 4.69) is 0 Å². The van der Waals surface area contributed by atoms with Gasteiger partial charge in [0, 0.05) is 13.1 Å². The summed E-state index contributed by atoms with van der Waals surface area (Å²) in [6.07, 6.45) is 1.42. The van der Waals surface area contributed by atoms with E-state index in [0.29, 0.717) is 25.2 Å². The fourth-order valence-electron chi connectivity index (χ4n) is 2.47. The number of hydrogen-bond donors (Lipinski definition) is 0. The summed E-state index contributed by atoms with van der Waals surface area (Å²) in [5.74, 6) is -1.28. The Morgan fingerprint density at radius 3 is 2.95 bits per heavy atom. The molecule has 6 nitrogen and oxygen atoms in total. The van der Waals surface area contributed by atoms with Crippen molar-refractivity contribution >= 4 is 17.3 Å². The molecule has 0 N–H and O–H groups in total. The van der Waals surface area contributed by atoms with Crippen LogP contribution >= 0.6 is 0 Å². The van der Waals surface area contributed by atoms with Gasteiger partial charge in [0.1, 0.15) is 11.5 Å². The van der Waals surface area contributed by atoms with E-state index in [1.54, 1.807) is 4.90 Å². The highest BCUT2D eigenvalue weighted by Gasteiger charge is 2.29. The zero-order valence-corrected chi connectivity index (χ0v) is 11.0. The van der Waals surface area contributed by atoms with E-state index in [4.69, 9.17) is 4.74 Å². The molecule has 1 heterocycles. The number of nitrogens with zero attached hydrogens (tertiary/aromatic N) is 2. The quantitative estimate of drug-likeness (QED) is 0.482. The fourth-order valence-corrected chi connectivity index (χ4v) is 2.47. The first kappa shape index (κ1) is 14.2. The smallest absolute Gasteiger partial charge is 0.310 e. The summed E-state index contributed by atoms with van der Waals surface area (Å²) in [4.78, 5) is 23.7. The maximum absolute atomic E-state index is 13.1. The molecular formula is C13H15FN2O4. The van der Waals surface area contributed by atoms with Gasteiger partial charge in [-0.2, -0.15) is 0 Å². The van der Waals surface area contributed by atoms with Crippen LogP contribution in [0.4, 0.5) is 15.8 Å². The topological polar surface area (TPSA) is 72.7 Å². The van der Waals surface area contributed by atoms with E-state index in [9.17, 15) is 19.3 Å². The van der Waals surface area contributed by atoms with Crippen LogP contribution in [0.15, 0.2) is 18.2 Å². The molecule has 1 saturated heterocycles. The highest BCUT2D eigenvalue weighted by atomic mass is 19.1. The Balaban J connectivity index is 2.27. The van der Waals surface area contributed by atoms with Gasteiger partial charge >= 0.3 is 5.97 Å². The lowest BCUT2D eigenvalue weighted by Gasteiger charge is -2.32. The van der Waals surface area contributed by atoms with Crippen LogP contribution in [0.3, 0.4) is 0 Å². The third-order valence-corrected chi connectivity index (χ3v) is 3.43. The molecule has 0 amide bonds. The predicted molar refractivity (Wildman–Crippen MR) is 70.0 cm³/mol. The Kier molecular flexibility index (Phi) is 4.16. The minimum absolute atomic E-state index is 0.282. The maximum Gasteiger partial charge on any atom is 0.310 e. The summed E-state index contributed by atoms with van der Waals surface area (Å²) >= 11 is 0. The number of nitro benzene ring substituents is 1. The first-order valence-electron chi connectivity index (χ1n) is 6.29. The third-order valence-electron chi connectivity index (χ3n) is 3.43. The lowest BCUT2D eigenvalue weighted by molar-refractivity contribution is -0.384. The normalized spacial score (nSPS) is 18.7. The van der Waals surface area contributed by atoms with E-state index in [0.717, 1.165) is 12.5 Å². The number of rotatable bonds is 3. The number of hydrogen-bond acceptors (Lipinski definition) is 5. The number of esters is 1. The van der Waals surface area contributed by atoms with E-state index in [1.165, 1.54) is 19.2 Å². The van der Waals surface area contributed by atoms with Crippen molar-refractivity contribution in [1.29, 1.82) is 0 Å². The summed E-state index contributed by atoms with van der Waals surface area (Å²) in [6.45, 7) is 0.944. The van der Waals surface area contributed by atoms with E-state index in [1.807, 2.05) is 0 Å². The molecule has 20 heavy (non-hydrogen) atoms. The number of ether oxygens (including phenoxy) is 1. The van der Waals surface area contributed by atoms with Gasteiger partial charge in [0.15, 0.2) is 0 Å². The van der Waals surface area contributed by atoms with Crippen LogP contribution in [0.2, 0.25) is 0 Å². The number of carbonyl (C=O) groups excluding carboxylic acids is 1. The Morgan fingerprint density at radius 1 is 1.55 bits per heavy atom. The molecule has 0 aromatic heterocycles. The summed E-state index contributed by atoms with van der Waals surface area (Å²) in [5.41, 5.74) is 0.0560. The van der Waals surface area contributed by atoms with Gasteiger partial charge in [0.2, 0.25) is 0 Å². The molecule has 0 radical (unpaired) electrons. The van der Waals surface area contributed by atoms with Crippen LogP contribution in [0.1, 0.15) is 12.8 Å². The minimum Gasteiger partial charge on any atom is -0.469 e. The van der Waals surface area contributed by atoms with Crippen LogP contribution in [0.5, 0.6) is 0 Å². The molecule has 0 spiro atoms. The molecule has 7 heteroatoms. The number of nitro groups is 1. The summed E-state index contributed by atoms with van der Waals surface area (Å²) < 4.78 is 17.8. The van der Waals surface area contributed by atoms with Crippen molar-refractivity contribution in [2.24, 2.45) is 5.92 Å². The molecule has 1 atom stereocenters. The number of benzene rings is 1. The van der Waals surface area contributed by atoms with Gasteiger partial charge in [-0.05, 0) is 25.0 Å². The number of piperidine rings is 1. The Morgan fingerprint density at radius 2 is 2.30 bits per heavy atom. The number of anilines is 1. The van der Waals surface area contributed by atoms with Gasteiger partial charge in [0.25, 0.3) is 5.69 Å². The second kappa shape index (κ2) is 5.85. The molecule has 0 saturated carbocycles. The van der Waals surface area contributed by atoms with Gasteiger partial charge in [-0.25, -0.2) is 4.39 Å². The van der Waals surface area contributed by atoms with E-state index >= 15 is 0 Å². The number of halogens is 1. The van der Waals surface area contributed by atoms with Crippen LogP contribution < -0.4 is 4.90 Å². The summed E-state index contributed by atoms with van der Waals surface area (Å²) in [6, 6.07) is 3.47. The SMILES string of the molecule is COC(=O)[C@H]1CCCN(c2ccc(F)cc2[N+](=O)[O-])C1. The van der Waals surface area contributed by atoms with Gasteiger partial charge in [-0.3, -0.25) is 14.9 Å². The van der Waals surface area contributed by atoms with Crippen molar-refractivity contribution in [1.82, 2.24) is 0 Å². The minimum atomic E-state index is -0.651. The Bertz CT molecular complexity index is 535. The maximum atomic E-state index is 13.1. The zero-order chi connectivity index (χ0) is 14.7. The van der Waals surface area contributed by atoms with Crippen molar-refractivity contribution in [2.75, 3.05) is 25.1 Å². The van der Waals surface area contributed by atoms with Crippen LogP contribution in [-0.4, -0.2) is 31.1 Å². The van der Waals surface area contributed by atoms with Crippen LogP contribution in [-0.2, 0) is 9.53 Å². The molecule has 1 aromatic carbocycles. The Hall–Kier alpha value is -2.18. The fraction of sp³-hybridized carbons (Fsp3) is 0.462. The Labute approximate surface area is 115 Å². The third kappa shape index (κ3) is 2.87. The molecule has 1 aromatic rings. The van der Waals surface area contributed by atoms with Crippen molar-refractivity contribution in [3.05, 3.63) is 34.1 Å². The average molecular weight is 282 g/mol. The molecule has 0 unspecified atom stereocenters. The molecule has 2 rings (SSSR count). The van der Waals surface area contributed by atoms with E-state index < -0.39 is 10.7 Å². The highest BCUT2D eigenvalue weighted by molar-refractivity contribution is 5.74.